The molecule has 0 amide bonds. The Kier molecular flexibility index (Phi) is 8.52. The molecule has 2 rings (SSSR count). The molecule has 0 saturated heterocycles. The van der Waals surface area contributed by atoms with Gasteiger partial charge in [-0.05, 0) is 36.8 Å². The van der Waals surface area contributed by atoms with Gasteiger partial charge < -0.3 is 15.2 Å². The molecule has 0 saturated carbocycles. The minimum absolute atomic E-state index is 0.0164. The van der Waals surface area contributed by atoms with Crippen LogP contribution >= 0.6 is 0 Å². The first-order chi connectivity index (χ1) is 14.5. The highest BCUT2D eigenvalue weighted by Gasteiger charge is 2.17. The molecular formula is C20H32N6O4S. The van der Waals surface area contributed by atoms with Crippen LogP contribution in [0.4, 0.5) is 11.9 Å². The summed E-state index contributed by atoms with van der Waals surface area (Å²) in [6.45, 7) is 7.93. The van der Waals surface area contributed by atoms with E-state index in [1.165, 1.54) is 0 Å². The van der Waals surface area contributed by atoms with Crippen LogP contribution in [0.5, 0.6) is 5.88 Å². The summed E-state index contributed by atoms with van der Waals surface area (Å²) < 4.78 is 30.9. The zero-order chi connectivity index (χ0) is 23.2. The third-order valence-electron chi connectivity index (χ3n) is 4.57. The van der Waals surface area contributed by atoms with E-state index >= 15 is 0 Å². The van der Waals surface area contributed by atoms with E-state index in [0.29, 0.717) is 30.5 Å². The third kappa shape index (κ3) is 7.91. The molecule has 11 heteroatoms. The van der Waals surface area contributed by atoms with Crippen LogP contribution in [0.3, 0.4) is 0 Å². The summed E-state index contributed by atoms with van der Waals surface area (Å²) in [5.41, 5.74) is 1.91. The van der Waals surface area contributed by atoms with E-state index < -0.39 is 10.0 Å². The van der Waals surface area contributed by atoms with Crippen LogP contribution in [0, 0.1) is 12.8 Å². The zero-order valence-electron chi connectivity index (χ0n) is 18.9. The van der Waals surface area contributed by atoms with Crippen molar-refractivity contribution in [3.63, 3.8) is 0 Å². The van der Waals surface area contributed by atoms with Gasteiger partial charge in [0, 0.05) is 18.2 Å². The molecule has 0 aliphatic carbocycles. The van der Waals surface area contributed by atoms with E-state index in [1.54, 1.807) is 13.3 Å². The van der Waals surface area contributed by atoms with E-state index in [0.717, 1.165) is 17.4 Å². The van der Waals surface area contributed by atoms with Crippen LogP contribution in [-0.4, -0.2) is 59.5 Å². The molecule has 0 aliphatic rings. The number of rotatable bonds is 11. The molecule has 0 aliphatic heterocycles. The second kappa shape index (κ2) is 10.7. The summed E-state index contributed by atoms with van der Waals surface area (Å²) in [5, 5.41) is 12.7. The number of aliphatic hydroxyl groups is 1. The van der Waals surface area contributed by atoms with Crippen molar-refractivity contribution < 1.29 is 18.3 Å². The van der Waals surface area contributed by atoms with Gasteiger partial charge in [-0.3, -0.25) is 4.72 Å². The van der Waals surface area contributed by atoms with Gasteiger partial charge in [0.2, 0.25) is 27.8 Å². The number of aromatic nitrogens is 4. The Morgan fingerprint density at radius 3 is 2.39 bits per heavy atom. The number of aryl methyl sites for hydroxylation is 1. The van der Waals surface area contributed by atoms with E-state index in [-0.39, 0.29) is 30.5 Å². The Morgan fingerprint density at radius 2 is 1.84 bits per heavy atom. The van der Waals surface area contributed by atoms with Gasteiger partial charge in [0.15, 0.2) is 0 Å². The van der Waals surface area contributed by atoms with Crippen molar-refractivity contribution in [2.75, 3.05) is 30.0 Å². The summed E-state index contributed by atoms with van der Waals surface area (Å²) >= 11 is 0. The van der Waals surface area contributed by atoms with Gasteiger partial charge in [-0.1, -0.05) is 20.8 Å². The minimum atomic E-state index is -3.56. The molecule has 0 unspecified atom stereocenters. The molecule has 2 aromatic rings. The number of methoxy groups -OCH3 is 1. The standard InChI is InChI=1S/C20H32N6O4S/c1-12(2)7-16(11-27)22-19-23-17(24-20(25-19)26-31(6,28)29)9-13(3)15-8-14(4)18(30-5)21-10-15/h8,10,12-13,16,27H,7,9,11H2,1-6H3,(H2,22,23,24,25,26)/t13-,16+/m0/s1. The predicted molar refractivity (Wildman–Crippen MR) is 120 cm³/mol. The second-order valence-electron chi connectivity index (χ2n) is 8.13. The van der Waals surface area contributed by atoms with Gasteiger partial charge in [0.05, 0.1) is 26.0 Å². The number of ether oxygens (including phenoxy) is 1. The first kappa shape index (κ1) is 24.7. The molecular weight excluding hydrogens is 420 g/mol. The van der Waals surface area contributed by atoms with Crippen LogP contribution < -0.4 is 14.8 Å². The smallest absolute Gasteiger partial charge is 0.241 e. The molecule has 3 N–H and O–H groups in total. The third-order valence-corrected chi connectivity index (χ3v) is 5.12. The van der Waals surface area contributed by atoms with Crippen molar-refractivity contribution in [1.82, 2.24) is 19.9 Å². The fourth-order valence-corrected chi connectivity index (χ4v) is 3.60. The zero-order valence-corrected chi connectivity index (χ0v) is 19.7. The van der Waals surface area contributed by atoms with E-state index in [9.17, 15) is 13.5 Å². The number of pyridine rings is 1. The second-order valence-corrected chi connectivity index (χ2v) is 9.87. The molecule has 0 spiro atoms. The van der Waals surface area contributed by atoms with Crippen LogP contribution in [0.15, 0.2) is 12.3 Å². The molecule has 2 atom stereocenters. The molecule has 0 aromatic carbocycles. The van der Waals surface area contributed by atoms with E-state index in [1.807, 2.05) is 33.8 Å². The number of aliphatic hydroxyl groups excluding tert-OH is 1. The molecule has 31 heavy (non-hydrogen) atoms. The fraction of sp³-hybridized carbons (Fsp3) is 0.600. The molecule has 2 aromatic heterocycles. The van der Waals surface area contributed by atoms with Crippen molar-refractivity contribution in [3.8, 4) is 5.88 Å². The number of hydrogen-bond acceptors (Lipinski definition) is 9. The SMILES string of the molecule is COc1ncc([C@@H](C)Cc2nc(N[C@@H](CO)CC(C)C)nc(NS(C)(=O)=O)n2)cc1C. The van der Waals surface area contributed by atoms with Gasteiger partial charge in [-0.2, -0.15) is 15.0 Å². The average Bonchev–Trinajstić information content (AvgIpc) is 2.65. The number of sulfonamides is 1. The Hall–Kier alpha value is -2.53. The highest BCUT2D eigenvalue weighted by Crippen LogP contribution is 2.24. The maximum atomic E-state index is 11.7. The number of nitrogens with zero attached hydrogens (tertiary/aromatic N) is 4. The van der Waals surface area contributed by atoms with Gasteiger partial charge in [0.25, 0.3) is 0 Å². The van der Waals surface area contributed by atoms with Gasteiger partial charge in [0.1, 0.15) is 5.82 Å². The molecule has 0 fully saturated rings. The van der Waals surface area contributed by atoms with Crippen LogP contribution in [0.1, 0.15) is 50.1 Å². The van der Waals surface area contributed by atoms with Crippen molar-refractivity contribution >= 4 is 21.9 Å². The maximum Gasteiger partial charge on any atom is 0.241 e. The highest BCUT2D eigenvalue weighted by molar-refractivity contribution is 7.91. The normalized spacial score (nSPS) is 13.7. The minimum Gasteiger partial charge on any atom is -0.481 e. The summed E-state index contributed by atoms with van der Waals surface area (Å²) in [6, 6.07) is 1.74. The van der Waals surface area contributed by atoms with Gasteiger partial charge in [-0.15, -0.1) is 0 Å². The number of nitrogens with one attached hydrogen (secondary N) is 2. The average molecular weight is 453 g/mol. The fourth-order valence-electron chi connectivity index (χ4n) is 3.18. The Labute approximate surface area is 184 Å². The van der Waals surface area contributed by atoms with Crippen LogP contribution in [0.25, 0.3) is 0 Å². The Morgan fingerprint density at radius 1 is 1.16 bits per heavy atom. The summed E-state index contributed by atoms with van der Waals surface area (Å²) in [4.78, 5) is 17.2. The number of hydrogen-bond donors (Lipinski definition) is 3. The molecule has 0 radical (unpaired) electrons. The summed E-state index contributed by atoms with van der Waals surface area (Å²) in [7, 11) is -1.99. The monoisotopic (exact) mass is 452 g/mol. The molecule has 2 heterocycles. The number of anilines is 2. The molecule has 0 bridgehead atoms. The lowest BCUT2D eigenvalue weighted by Gasteiger charge is -2.19. The summed E-state index contributed by atoms with van der Waals surface area (Å²) in [5.74, 6) is 1.51. The highest BCUT2D eigenvalue weighted by atomic mass is 32.2. The first-order valence-corrected chi connectivity index (χ1v) is 12.0. The maximum absolute atomic E-state index is 11.7. The molecule has 10 nitrogen and oxygen atoms in total. The Bertz CT molecular complexity index is 984. The lowest BCUT2D eigenvalue weighted by Crippen LogP contribution is -2.27. The molecule has 172 valence electrons. The van der Waals surface area contributed by atoms with Crippen molar-refractivity contribution in [2.45, 2.75) is 52.5 Å². The van der Waals surface area contributed by atoms with Gasteiger partial charge in [-0.25, -0.2) is 13.4 Å². The van der Waals surface area contributed by atoms with E-state index in [2.05, 4.69) is 30.0 Å². The van der Waals surface area contributed by atoms with Gasteiger partial charge >= 0.3 is 0 Å². The van der Waals surface area contributed by atoms with Crippen molar-refractivity contribution in [1.29, 1.82) is 0 Å². The Balaban J connectivity index is 2.31. The quantitative estimate of drug-likeness (QED) is 0.468. The lowest BCUT2D eigenvalue weighted by atomic mass is 9.98. The van der Waals surface area contributed by atoms with Crippen molar-refractivity contribution in [3.05, 3.63) is 29.2 Å². The predicted octanol–water partition coefficient (Wildman–Crippen LogP) is 2.12. The lowest BCUT2D eigenvalue weighted by molar-refractivity contribution is 0.259. The van der Waals surface area contributed by atoms with Crippen LogP contribution in [0.2, 0.25) is 0 Å². The van der Waals surface area contributed by atoms with Crippen LogP contribution in [-0.2, 0) is 16.4 Å². The summed E-state index contributed by atoms with van der Waals surface area (Å²) in [6.07, 6.45) is 3.93. The largest absolute Gasteiger partial charge is 0.481 e. The van der Waals surface area contributed by atoms with E-state index in [4.69, 9.17) is 4.74 Å². The first-order valence-electron chi connectivity index (χ1n) is 10.1. The topological polar surface area (TPSA) is 139 Å². The van der Waals surface area contributed by atoms with Crippen molar-refractivity contribution in [2.24, 2.45) is 5.92 Å².